The second-order valence-electron chi connectivity index (χ2n) is 12.3. The van der Waals surface area contributed by atoms with Crippen molar-refractivity contribution in [2.24, 2.45) is 11.8 Å². The van der Waals surface area contributed by atoms with Crippen LogP contribution in [0.2, 0.25) is 0 Å². The van der Waals surface area contributed by atoms with Crippen LogP contribution < -0.4 is 14.5 Å². The van der Waals surface area contributed by atoms with Gasteiger partial charge in [-0.15, -0.1) is 13.2 Å². The zero-order valence-corrected chi connectivity index (χ0v) is 28.6. The molecule has 46 heavy (non-hydrogen) atoms. The number of nitrogens with zero attached hydrogens (tertiary/aromatic N) is 3. The fourth-order valence-corrected chi connectivity index (χ4v) is 8.70. The van der Waals surface area contributed by atoms with E-state index in [1.54, 1.807) is 34.1 Å². The molecule has 3 amide bonds. The van der Waals surface area contributed by atoms with Gasteiger partial charge in [-0.3, -0.25) is 14.4 Å². The third-order valence-electron chi connectivity index (χ3n) is 9.65. The first-order valence-electron chi connectivity index (χ1n) is 16.0. The van der Waals surface area contributed by atoms with E-state index in [-0.39, 0.29) is 42.2 Å². The molecule has 246 valence electrons. The molecule has 3 unspecified atom stereocenters. The molecule has 3 aliphatic heterocycles. The molecule has 2 aromatic carbocycles. The minimum absolute atomic E-state index is 0.216. The van der Waals surface area contributed by atoms with Crippen LogP contribution in [0, 0.1) is 25.7 Å². The van der Waals surface area contributed by atoms with E-state index < -0.39 is 35.6 Å². The Kier molecular flexibility index (Phi) is 10.1. The van der Waals surface area contributed by atoms with Gasteiger partial charge in [0.15, 0.2) is 0 Å². The van der Waals surface area contributed by atoms with E-state index in [1.165, 1.54) is 4.90 Å². The first-order valence-corrected chi connectivity index (χ1v) is 16.9. The molecule has 1 N–H and O–H groups in total. The summed E-state index contributed by atoms with van der Waals surface area (Å²) in [4.78, 5) is 48.8. The maximum absolute atomic E-state index is 15.0. The number of carbonyl (C=O) groups is 3. The van der Waals surface area contributed by atoms with Crippen molar-refractivity contribution in [1.82, 2.24) is 4.90 Å². The van der Waals surface area contributed by atoms with Crippen LogP contribution in [0.4, 0.5) is 11.4 Å². The largest absolute Gasteiger partial charge is 0.494 e. The lowest BCUT2D eigenvalue weighted by molar-refractivity contribution is -0.144. The van der Waals surface area contributed by atoms with Crippen LogP contribution in [0.15, 0.2) is 67.8 Å². The third kappa shape index (κ3) is 5.48. The summed E-state index contributed by atoms with van der Waals surface area (Å²) in [5.74, 6) is -2.02. The molecule has 3 heterocycles. The predicted octanol–water partition coefficient (Wildman–Crippen LogP) is 4.96. The van der Waals surface area contributed by atoms with Gasteiger partial charge in [0.2, 0.25) is 11.8 Å². The average Bonchev–Trinajstić information content (AvgIpc) is 3.63. The number of halogens is 1. The number of para-hydroxylation sites is 1. The highest BCUT2D eigenvalue weighted by Crippen LogP contribution is 2.61. The fraction of sp³-hybridized carbons (Fsp3) is 0.472. The van der Waals surface area contributed by atoms with E-state index in [2.05, 4.69) is 29.1 Å². The van der Waals surface area contributed by atoms with E-state index in [1.807, 2.05) is 58.0 Å². The van der Waals surface area contributed by atoms with Crippen LogP contribution in [-0.4, -0.2) is 82.6 Å². The maximum Gasteiger partial charge on any atom is 0.253 e. The average molecular weight is 695 g/mol. The third-order valence-corrected chi connectivity index (χ3v) is 10.5. The Morgan fingerprint density at radius 1 is 1.09 bits per heavy atom. The summed E-state index contributed by atoms with van der Waals surface area (Å²) in [7, 11) is 0. The quantitative estimate of drug-likeness (QED) is 0.235. The molecule has 9 nitrogen and oxygen atoms in total. The van der Waals surface area contributed by atoms with Crippen molar-refractivity contribution < 1.29 is 29.0 Å². The van der Waals surface area contributed by atoms with E-state index in [4.69, 9.17) is 9.47 Å². The Morgan fingerprint density at radius 2 is 1.72 bits per heavy atom. The molecular weight excluding hydrogens is 650 g/mol. The first kappa shape index (κ1) is 33.9. The number of hydrogen-bond acceptors (Lipinski definition) is 6. The molecule has 3 saturated heterocycles. The molecule has 0 aliphatic carbocycles. The van der Waals surface area contributed by atoms with E-state index in [0.29, 0.717) is 30.9 Å². The number of hydrogen-bond donors (Lipinski definition) is 1. The number of anilines is 2. The normalized spacial score (nSPS) is 26.9. The molecular formula is C36H44BrN3O6. The van der Waals surface area contributed by atoms with Crippen LogP contribution in [0.1, 0.15) is 37.8 Å². The second-order valence-corrected chi connectivity index (χ2v) is 13.5. The van der Waals surface area contributed by atoms with E-state index in [0.717, 1.165) is 16.8 Å². The van der Waals surface area contributed by atoms with Gasteiger partial charge in [0.25, 0.3) is 5.91 Å². The van der Waals surface area contributed by atoms with Gasteiger partial charge < -0.3 is 29.3 Å². The van der Waals surface area contributed by atoms with Gasteiger partial charge in [0.05, 0.1) is 37.2 Å². The van der Waals surface area contributed by atoms with Gasteiger partial charge in [-0.25, -0.2) is 0 Å². The number of alkyl halides is 1. The lowest BCUT2D eigenvalue weighted by Gasteiger charge is -2.39. The molecule has 0 aromatic heterocycles. The highest BCUT2D eigenvalue weighted by Gasteiger charge is 2.77. The number of aliphatic hydroxyl groups excluding tert-OH is 1. The van der Waals surface area contributed by atoms with Gasteiger partial charge in [-0.1, -0.05) is 53.2 Å². The van der Waals surface area contributed by atoms with Gasteiger partial charge in [-0.05, 0) is 69.0 Å². The molecule has 2 aromatic rings. The van der Waals surface area contributed by atoms with Crippen molar-refractivity contribution in [3.05, 3.63) is 78.9 Å². The molecule has 5 rings (SSSR count). The predicted molar refractivity (Wildman–Crippen MR) is 182 cm³/mol. The molecule has 0 radical (unpaired) electrons. The SMILES string of the molecule is C=CCN(C(=O)[C@H]1[C@@H]2OC3(CC2Br)C(C(=O)N(CC=C)c2c(C)cccc2C)N([C@@H](CC)CO)C(=O)[C@H]13)c1ccc(OCC)cc1. The summed E-state index contributed by atoms with van der Waals surface area (Å²) >= 11 is 3.78. The van der Waals surface area contributed by atoms with Crippen LogP contribution in [0.3, 0.4) is 0 Å². The number of aryl methyl sites for hydroxylation is 2. The number of ether oxygens (including phenoxy) is 2. The second kappa shape index (κ2) is 13.7. The van der Waals surface area contributed by atoms with Crippen molar-refractivity contribution in [2.45, 2.75) is 69.2 Å². The smallest absolute Gasteiger partial charge is 0.253 e. The van der Waals surface area contributed by atoms with Crippen LogP contribution in [0.5, 0.6) is 5.75 Å². The summed E-state index contributed by atoms with van der Waals surface area (Å²) in [5, 5.41) is 10.5. The summed E-state index contributed by atoms with van der Waals surface area (Å²) in [6.07, 6.45) is 3.48. The van der Waals surface area contributed by atoms with Crippen LogP contribution >= 0.6 is 15.9 Å². The van der Waals surface area contributed by atoms with Gasteiger partial charge in [0.1, 0.15) is 17.4 Å². The van der Waals surface area contributed by atoms with Crippen LogP contribution in [-0.2, 0) is 19.1 Å². The number of likely N-dealkylation sites (tertiary alicyclic amines) is 1. The Morgan fingerprint density at radius 3 is 2.28 bits per heavy atom. The highest BCUT2D eigenvalue weighted by atomic mass is 79.9. The van der Waals surface area contributed by atoms with E-state index in [9.17, 15) is 19.5 Å². The summed E-state index contributed by atoms with van der Waals surface area (Å²) in [5.41, 5.74) is 1.94. The fourth-order valence-electron chi connectivity index (χ4n) is 7.76. The van der Waals surface area contributed by atoms with Gasteiger partial charge >= 0.3 is 0 Å². The van der Waals surface area contributed by atoms with Crippen molar-refractivity contribution in [3.63, 3.8) is 0 Å². The molecule has 0 saturated carbocycles. The number of amides is 3. The molecule has 3 fully saturated rings. The van der Waals surface area contributed by atoms with Crippen molar-refractivity contribution >= 4 is 45.0 Å². The monoisotopic (exact) mass is 693 g/mol. The number of rotatable bonds is 13. The molecule has 1 spiro atoms. The number of benzene rings is 2. The zero-order valence-electron chi connectivity index (χ0n) is 27.0. The van der Waals surface area contributed by atoms with Gasteiger partial charge in [-0.2, -0.15) is 0 Å². The lowest BCUT2D eigenvalue weighted by Crippen LogP contribution is -2.59. The zero-order chi connectivity index (χ0) is 33.3. The highest BCUT2D eigenvalue weighted by molar-refractivity contribution is 9.09. The van der Waals surface area contributed by atoms with Gasteiger partial charge in [0, 0.05) is 29.3 Å². The molecule has 10 heteroatoms. The Hall–Kier alpha value is -3.47. The minimum atomic E-state index is -1.27. The first-order chi connectivity index (χ1) is 22.1. The summed E-state index contributed by atoms with van der Waals surface area (Å²) < 4.78 is 12.4. The standard InChI is InChI=1S/C36H44BrN3O6/c1-7-18-38(25-14-16-26(17-15-25)45-10-4)33(42)28-29-34(43)40(24(9-3)21-41)32(36(29)20-27(37)31(28)46-36)35(44)39(19-8-2)30-22(5)12-11-13-23(30)6/h7-8,11-17,24,27-29,31-32,41H,1-2,9-10,18-21H2,3-6H3/t24-,27?,28+,29-,31+,32?,36?/m0/s1. The Labute approximate surface area is 280 Å². The summed E-state index contributed by atoms with van der Waals surface area (Å²) in [6.45, 7) is 16.1. The molecule has 3 aliphatic rings. The number of fused-ring (bicyclic) bond motifs is 1. The van der Waals surface area contributed by atoms with Crippen molar-refractivity contribution in [2.75, 3.05) is 36.1 Å². The van der Waals surface area contributed by atoms with Crippen LogP contribution in [0.25, 0.3) is 0 Å². The minimum Gasteiger partial charge on any atom is -0.494 e. The Bertz CT molecular complexity index is 1470. The Balaban J connectivity index is 1.61. The van der Waals surface area contributed by atoms with Crippen molar-refractivity contribution in [3.8, 4) is 5.75 Å². The van der Waals surface area contributed by atoms with Crippen molar-refractivity contribution in [1.29, 1.82) is 0 Å². The number of aliphatic hydroxyl groups is 1. The topological polar surface area (TPSA) is 99.6 Å². The lowest BCUT2D eigenvalue weighted by atomic mass is 9.70. The number of carbonyl (C=O) groups excluding carboxylic acids is 3. The molecule has 2 bridgehead atoms. The van der Waals surface area contributed by atoms with E-state index >= 15 is 0 Å². The maximum atomic E-state index is 15.0. The summed E-state index contributed by atoms with van der Waals surface area (Å²) in [6, 6.07) is 11.4. The molecule has 7 atom stereocenters.